The number of imide groups is 1. The highest BCUT2D eigenvalue weighted by molar-refractivity contribution is 5.94. The molecule has 0 aliphatic heterocycles. The summed E-state index contributed by atoms with van der Waals surface area (Å²) in [5.74, 6) is 0.598. The van der Waals surface area contributed by atoms with Gasteiger partial charge >= 0.3 is 6.03 Å². The number of rotatable bonds is 7. The van der Waals surface area contributed by atoms with E-state index in [1.807, 2.05) is 23.5 Å². The summed E-state index contributed by atoms with van der Waals surface area (Å²) < 4.78 is 5.29. The molecule has 0 aromatic heterocycles. The third-order valence-electron chi connectivity index (χ3n) is 2.41. The molecule has 1 aromatic rings. The first-order valence-corrected chi connectivity index (χ1v) is 6.49. The summed E-state index contributed by atoms with van der Waals surface area (Å²) in [5.41, 5.74) is 5.90. The highest BCUT2D eigenvalue weighted by Gasteiger charge is 2.05. The largest absolute Gasteiger partial charge is 0.484 e. The van der Waals surface area contributed by atoms with Gasteiger partial charge in [-0.1, -0.05) is 26.0 Å². The lowest BCUT2D eigenvalue weighted by Gasteiger charge is -2.09. The predicted octanol–water partition coefficient (Wildman–Crippen LogP) is 1.01. The van der Waals surface area contributed by atoms with Gasteiger partial charge in [0.15, 0.2) is 6.61 Å². The first-order valence-electron chi connectivity index (χ1n) is 6.49. The molecular weight excluding hydrogens is 258 g/mol. The van der Waals surface area contributed by atoms with Crippen molar-refractivity contribution in [3.63, 3.8) is 0 Å². The molecular formula is C14H21N3O3. The molecule has 0 heterocycles. The van der Waals surface area contributed by atoms with Gasteiger partial charge in [-0.2, -0.15) is 0 Å². The zero-order valence-corrected chi connectivity index (χ0v) is 11.8. The van der Waals surface area contributed by atoms with Gasteiger partial charge < -0.3 is 15.8 Å². The van der Waals surface area contributed by atoms with Crippen LogP contribution in [0.5, 0.6) is 5.75 Å². The summed E-state index contributed by atoms with van der Waals surface area (Å²) in [6, 6.07) is 6.55. The first kappa shape index (κ1) is 16.0. The van der Waals surface area contributed by atoms with Crippen LogP contribution in [0.2, 0.25) is 0 Å². The maximum Gasteiger partial charge on any atom is 0.318 e. The molecule has 1 rings (SSSR count). The standard InChI is InChI=1S/C14H21N3O3/c1-10(2)7-16-8-11-4-3-5-12(6-11)20-9-13(18)17-14(15)19/h3-6,10,16H,7-9H2,1-2H3,(H3,15,17,18,19). The smallest absolute Gasteiger partial charge is 0.318 e. The van der Waals surface area contributed by atoms with Crippen LogP contribution in [-0.2, 0) is 11.3 Å². The van der Waals surface area contributed by atoms with Crippen LogP contribution < -0.4 is 21.1 Å². The van der Waals surface area contributed by atoms with E-state index in [2.05, 4.69) is 19.2 Å². The van der Waals surface area contributed by atoms with Crippen LogP contribution in [0.3, 0.4) is 0 Å². The maximum atomic E-state index is 11.2. The van der Waals surface area contributed by atoms with E-state index in [4.69, 9.17) is 10.5 Å². The van der Waals surface area contributed by atoms with E-state index in [1.54, 1.807) is 6.07 Å². The van der Waals surface area contributed by atoms with Crippen LogP contribution in [-0.4, -0.2) is 25.1 Å². The number of primary amides is 1. The van der Waals surface area contributed by atoms with Crippen LogP contribution >= 0.6 is 0 Å². The number of hydrogen-bond acceptors (Lipinski definition) is 4. The molecule has 110 valence electrons. The molecule has 0 aliphatic carbocycles. The van der Waals surface area contributed by atoms with Crippen LogP contribution in [0.1, 0.15) is 19.4 Å². The molecule has 6 heteroatoms. The second-order valence-corrected chi connectivity index (χ2v) is 4.87. The molecule has 0 saturated carbocycles. The molecule has 0 saturated heterocycles. The summed E-state index contributed by atoms with van der Waals surface area (Å²) >= 11 is 0. The van der Waals surface area contributed by atoms with Crippen LogP contribution in [0.15, 0.2) is 24.3 Å². The summed E-state index contributed by atoms with van der Waals surface area (Å²) in [6.45, 7) is 5.72. The predicted molar refractivity (Wildman–Crippen MR) is 76.2 cm³/mol. The number of nitrogens with two attached hydrogens (primary N) is 1. The number of nitrogens with one attached hydrogen (secondary N) is 2. The molecule has 1 aromatic carbocycles. The zero-order chi connectivity index (χ0) is 15.0. The summed E-state index contributed by atoms with van der Waals surface area (Å²) in [6.07, 6.45) is 0. The van der Waals surface area contributed by atoms with E-state index in [9.17, 15) is 9.59 Å². The van der Waals surface area contributed by atoms with E-state index < -0.39 is 11.9 Å². The minimum Gasteiger partial charge on any atom is -0.484 e. The molecule has 0 spiro atoms. The Hall–Kier alpha value is -2.08. The zero-order valence-electron chi connectivity index (χ0n) is 11.8. The minimum absolute atomic E-state index is 0.244. The van der Waals surface area contributed by atoms with Crippen molar-refractivity contribution in [1.29, 1.82) is 0 Å². The second-order valence-electron chi connectivity index (χ2n) is 4.87. The number of amides is 3. The van der Waals surface area contributed by atoms with Crippen molar-refractivity contribution in [3.8, 4) is 5.75 Å². The lowest BCUT2D eigenvalue weighted by Crippen LogP contribution is -2.38. The molecule has 4 N–H and O–H groups in total. The number of carbonyl (C=O) groups is 2. The number of urea groups is 1. The lowest BCUT2D eigenvalue weighted by molar-refractivity contribution is -0.121. The minimum atomic E-state index is -0.884. The molecule has 0 aliphatic rings. The Morgan fingerprint density at radius 1 is 1.35 bits per heavy atom. The highest BCUT2D eigenvalue weighted by Crippen LogP contribution is 2.13. The van der Waals surface area contributed by atoms with Gasteiger partial charge in [0.05, 0.1) is 0 Å². The van der Waals surface area contributed by atoms with E-state index in [-0.39, 0.29) is 6.61 Å². The summed E-state index contributed by atoms with van der Waals surface area (Å²) in [5, 5.41) is 5.26. The van der Waals surface area contributed by atoms with E-state index in [1.165, 1.54) is 0 Å². The average molecular weight is 279 g/mol. The van der Waals surface area contributed by atoms with Gasteiger partial charge in [-0.25, -0.2) is 4.79 Å². The van der Waals surface area contributed by atoms with E-state index in [0.717, 1.165) is 18.7 Å². The molecule has 3 amide bonds. The van der Waals surface area contributed by atoms with Crippen molar-refractivity contribution in [2.45, 2.75) is 20.4 Å². The second kappa shape index (κ2) is 8.16. The van der Waals surface area contributed by atoms with E-state index >= 15 is 0 Å². The highest BCUT2D eigenvalue weighted by atomic mass is 16.5. The molecule has 20 heavy (non-hydrogen) atoms. The Labute approximate surface area is 118 Å². The third kappa shape index (κ3) is 6.75. The normalized spacial score (nSPS) is 10.3. The Morgan fingerprint density at radius 2 is 2.10 bits per heavy atom. The quantitative estimate of drug-likeness (QED) is 0.694. The van der Waals surface area contributed by atoms with Crippen LogP contribution in [0.4, 0.5) is 4.79 Å². The molecule has 0 atom stereocenters. The fraction of sp³-hybridized carbons (Fsp3) is 0.429. The monoisotopic (exact) mass is 279 g/mol. The van der Waals surface area contributed by atoms with Crippen LogP contribution in [0.25, 0.3) is 0 Å². The molecule has 6 nitrogen and oxygen atoms in total. The topological polar surface area (TPSA) is 93.4 Å². The molecule has 0 unspecified atom stereocenters. The third-order valence-corrected chi connectivity index (χ3v) is 2.41. The van der Waals surface area contributed by atoms with Crippen molar-refractivity contribution in [2.75, 3.05) is 13.2 Å². The number of benzene rings is 1. The van der Waals surface area contributed by atoms with Gasteiger partial charge in [0, 0.05) is 6.54 Å². The number of carbonyl (C=O) groups excluding carboxylic acids is 2. The van der Waals surface area contributed by atoms with Gasteiger partial charge in [0.25, 0.3) is 5.91 Å². The van der Waals surface area contributed by atoms with Crippen molar-refractivity contribution in [2.24, 2.45) is 11.7 Å². The molecule has 0 bridgehead atoms. The summed E-state index contributed by atoms with van der Waals surface area (Å²) in [4.78, 5) is 21.7. The van der Waals surface area contributed by atoms with Crippen molar-refractivity contribution in [3.05, 3.63) is 29.8 Å². The van der Waals surface area contributed by atoms with Crippen molar-refractivity contribution < 1.29 is 14.3 Å². The summed E-state index contributed by atoms with van der Waals surface area (Å²) in [7, 11) is 0. The first-order chi connectivity index (χ1) is 9.47. The molecule has 0 fully saturated rings. The maximum absolute atomic E-state index is 11.2. The van der Waals surface area contributed by atoms with Gasteiger partial charge in [0.1, 0.15) is 5.75 Å². The average Bonchev–Trinajstić information content (AvgIpc) is 2.36. The Kier molecular flexibility index (Phi) is 6.52. The number of ether oxygens (including phenoxy) is 1. The number of hydrogen-bond donors (Lipinski definition) is 3. The Bertz CT molecular complexity index is 461. The van der Waals surface area contributed by atoms with Gasteiger partial charge in [-0.15, -0.1) is 0 Å². The molecule has 0 radical (unpaired) electrons. The van der Waals surface area contributed by atoms with Gasteiger partial charge in [-0.05, 0) is 30.2 Å². The SMILES string of the molecule is CC(C)CNCc1cccc(OCC(=O)NC(N)=O)c1. The van der Waals surface area contributed by atoms with E-state index in [0.29, 0.717) is 11.7 Å². The van der Waals surface area contributed by atoms with Gasteiger partial charge in [-0.3, -0.25) is 10.1 Å². The van der Waals surface area contributed by atoms with Gasteiger partial charge in [0.2, 0.25) is 0 Å². The lowest BCUT2D eigenvalue weighted by atomic mass is 10.2. The van der Waals surface area contributed by atoms with Crippen LogP contribution in [0, 0.1) is 5.92 Å². The fourth-order valence-corrected chi connectivity index (χ4v) is 1.57. The fourth-order valence-electron chi connectivity index (χ4n) is 1.57. The van der Waals surface area contributed by atoms with Crippen molar-refractivity contribution in [1.82, 2.24) is 10.6 Å². The Morgan fingerprint density at radius 3 is 2.75 bits per heavy atom. The van der Waals surface area contributed by atoms with Crippen molar-refractivity contribution >= 4 is 11.9 Å². The Balaban J connectivity index is 2.43.